The molecule has 7 nitrogen and oxygen atoms in total. The Hall–Kier alpha value is -2.02. The summed E-state index contributed by atoms with van der Waals surface area (Å²) < 4.78 is 0. The maximum atomic E-state index is 11.8. The van der Waals surface area contributed by atoms with E-state index in [0.29, 0.717) is 25.9 Å². The van der Waals surface area contributed by atoms with E-state index in [-0.39, 0.29) is 17.7 Å². The molecule has 1 unspecified atom stereocenters. The molecule has 1 atom stereocenters. The summed E-state index contributed by atoms with van der Waals surface area (Å²) in [4.78, 5) is 35.9. The van der Waals surface area contributed by atoms with Crippen LogP contribution in [-0.4, -0.2) is 70.5 Å². The zero-order valence-corrected chi connectivity index (χ0v) is 14.7. The number of aromatic nitrogens is 2. The van der Waals surface area contributed by atoms with E-state index in [1.54, 1.807) is 23.9 Å². The van der Waals surface area contributed by atoms with Crippen LogP contribution in [0, 0.1) is 6.92 Å². The van der Waals surface area contributed by atoms with Crippen molar-refractivity contribution in [2.75, 3.05) is 33.8 Å². The monoisotopic (exact) mass is 334 g/mol. The van der Waals surface area contributed by atoms with Gasteiger partial charge in [-0.25, -0.2) is 9.97 Å². The highest BCUT2D eigenvalue weighted by Gasteiger charge is 2.26. The van der Waals surface area contributed by atoms with Gasteiger partial charge in [0, 0.05) is 50.9 Å². The van der Waals surface area contributed by atoms with Gasteiger partial charge in [-0.1, -0.05) is 0 Å². The first kappa shape index (κ1) is 18.3. The molecule has 1 aliphatic rings. The molecule has 0 spiro atoms. The van der Waals surface area contributed by atoms with Gasteiger partial charge in [-0.05, 0) is 32.3 Å². The van der Waals surface area contributed by atoms with Gasteiger partial charge in [-0.3, -0.25) is 9.59 Å². The zero-order chi connectivity index (χ0) is 17.7. The summed E-state index contributed by atoms with van der Waals surface area (Å²) in [6.45, 7) is 2.67. The average Bonchev–Trinajstić information content (AvgIpc) is 2.58. The summed E-state index contributed by atoms with van der Waals surface area (Å²) in [6.07, 6.45) is 2.80. The molecule has 0 bridgehead atoms. The molecule has 1 saturated heterocycles. The van der Waals surface area contributed by atoms with E-state index in [4.69, 9.17) is 5.11 Å². The molecule has 2 amide bonds. The highest BCUT2D eigenvalue weighted by atomic mass is 16.3. The van der Waals surface area contributed by atoms with E-state index >= 15 is 0 Å². The van der Waals surface area contributed by atoms with E-state index in [2.05, 4.69) is 9.97 Å². The fourth-order valence-corrected chi connectivity index (χ4v) is 2.94. The molecule has 1 aromatic heterocycles. The van der Waals surface area contributed by atoms with Gasteiger partial charge in [-0.2, -0.15) is 0 Å². The Bertz CT molecular complexity index is 603. The van der Waals surface area contributed by atoms with Gasteiger partial charge in [0.05, 0.1) is 0 Å². The Morgan fingerprint density at radius 2 is 2.12 bits per heavy atom. The number of carbonyl (C=O) groups is 2. The molecule has 1 aromatic rings. The first-order valence-electron chi connectivity index (χ1n) is 8.34. The molecule has 0 radical (unpaired) electrons. The zero-order valence-electron chi connectivity index (χ0n) is 14.7. The SMILES string of the molecule is Cc1cc(CCC(=O)N(C)C)nc(C2CCCN(C(=O)CO)C2)n1. The quantitative estimate of drug-likeness (QED) is 0.847. The topological polar surface area (TPSA) is 86.6 Å². The van der Waals surface area contributed by atoms with Crippen molar-refractivity contribution in [3.05, 3.63) is 23.3 Å². The standard InChI is InChI=1S/C17H26N4O3/c1-12-9-14(6-7-15(23)20(2)3)19-17(18-12)13-5-4-8-21(10-13)16(24)11-22/h9,13,22H,4-8,10-11H2,1-3H3. The molecule has 132 valence electrons. The molecular weight excluding hydrogens is 308 g/mol. The number of piperidine rings is 1. The third kappa shape index (κ3) is 4.74. The van der Waals surface area contributed by atoms with Crippen LogP contribution in [0.4, 0.5) is 0 Å². The number of rotatable bonds is 5. The van der Waals surface area contributed by atoms with E-state index < -0.39 is 6.61 Å². The van der Waals surface area contributed by atoms with Crippen molar-refractivity contribution in [1.82, 2.24) is 19.8 Å². The smallest absolute Gasteiger partial charge is 0.248 e. The predicted molar refractivity (Wildman–Crippen MR) is 89.4 cm³/mol. The van der Waals surface area contributed by atoms with Crippen LogP contribution >= 0.6 is 0 Å². The van der Waals surface area contributed by atoms with E-state index in [9.17, 15) is 9.59 Å². The summed E-state index contributed by atoms with van der Waals surface area (Å²) in [5.74, 6) is 0.643. The van der Waals surface area contributed by atoms with Crippen molar-refractivity contribution in [3.8, 4) is 0 Å². The highest BCUT2D eigenvalue weighted by Crippen LogP contribution is 2.25. The van der Waals surface area contributed by atoms with Crippen molar-refractivity contribution in [1.29, 1.82) is 0 Å². The maximum absolute atomic E-state index is 11.8. The van der Waals surface area contributed by atoms with Gasteiger partial charge in [-0.15, -0.1) is 0 Å². The number of nitrogens with zero attached hydrogens (tertiary/aromatic N) is 4. The number of aliphatic hydroxyl groups excluding tert-OH is 1. The molecule has 1 aliphatic heterocycles. The number of aliphatic hydroxyl groups is 1. The average molecular weight is 334 g/mol. The number of hydrogen-bond acceptors (Lipinski definition) is 5. The lowest BCUT2D eigenvalue weighted by Crippen LogP contribution is -2.41. The summed E-state index contributed by atoms with van der Waals surface area (Å²) in [7, 11) is 3.49. The Kier molecular flexibility index (Phi) is 6.25. The van der Waals surface area contributed by atoms with Gasteiger partial charge < -0.3 is 14.9 Å². The van der Waals surface area contributed by atoms with Crippen LogP contribution in [0.2, 0.25) is 0 Å². The van der Waals surface area contributed by atoms with Crippen LogP contribution in [0.25, 0.3) is 0 Å². The highest BCUT2D eigenvalue weighted by molar-refractivity contribution is 5.77. The van der Waals surface area contributed by atoms with Crippen LogP contribution in [0.5, 0.6) is 0 Å². The fourth-order valence-electron chi connectivity index (χ4n) is 2.94. The number of hydrogen-bond donors (Lipinski definition) is 1. The number of aryl methyl sites for hydroxylation is 2. The number of likely N-dealkylation sites (tertiary alicyclic amines) is 1. The molecule has 0 aliphatic carbocycles. The molecule has 0 saturated carbocycles. The summed E-state index contributed by atoms with van der Waals surface area (Å²) in [6, 6.07) is 1.91. The third-order valence-corrected chi connectivity index (χ3v) is 4.29. The van der Waals surface area contributed by atoms with Crippen molar-refractivity contribution < 1.29 is 14.7 Å². The fraction of sp³-hybridized carbons (Fsp3) is 0.647. The molecular formula is C17H26N4O3. The second-order valence-electron chi connectivity index (χ2n) is 6.48. The van der Waals surface area contributed by atoms with Gasteiger partial charge in [0.15, 0.2) is 0 Å². The second kappa shape index (κ2) is 8.19. The van der Waals surface area contributed by atoms with Crippen LogP contribution < -0.4 is 0 Å². The van der Waals surface area contributed by atoms with Gasteiger partial charge in [0.2, 0.25) is 11.8 Å². The lowest BCUT2D eigenvalue weighted by molar-refractivity contribution is -0.135. The van der Waals surface area contributed by atoms with Crippen LogP contribution in [0.3, 0.4) is 0 Å². The number of amides is 2. The van der Waals surface area contributed by atoms with Crippen molar-refractivity contribution in [2.45, 2.75) is 38.5 Å². The van der Waals surface area contributed by atoms with E-state index in [1.807, 2.05) is 13.0 Å². The molecule has 2 rings (SSSR count). The first-order chi connectivity index (χ1) is 11.4. The van der Waals surface area contributed by atoms with E-state index in [0.717, 1.165) is 30.1 Å². The van der Waals surface area contributed by atoms with Crippen molar-refractivity contribution in [3.63, 3.8) is 0 Å². The largest absolute Gasteiger partial charge is 0.387 e. The lowest BCUT2D eigenvalue weighted by Gasteiger charge is -2.31. The summed E-state index contributed by atoms with van der Waals surface area (Å²) >= 11 is 0. The second-order valence-corrected chi connectivity index (χ2v) is 6.48. The number of carbonyl (C=O) groups excluding carboxylic acids is 2. The maximum Gasteiger partial charge on any atom is 0.248 e. The summed E-state index contributed by atoms with van der Waals surface area (Å²) in [5.41, 5.74) is 1.73. The van der Waals surface area contributed by atoms with Gasteiger partial charge in [0.1, 0.15) is 12.4 Å². The predicted octanol–water partition coefficient (Wildman–Crippen LogP) is 0.504. The molecule has 1 N–H and O–H groups in total. The lowest BCUT2D eigenvalue weighted by atomic mass is 9.96. The Morgan fingerprint density at radius 1 is 1.38 bits per heavy atom. The minimum Gasteiger partial charge on any atom is -0.387 e. The Labute approximate surface area is 142 Å². The van der Waals surface area contributed by atoms with Crippen LogP contribution in [0.1, 0.15) is 42.4 Å². The Balaban J connectivity index is 2.09. The molecule has 7 heteroatoms. The Morgan fingerprint density at radius 3 is 2.79 bits per heavy atom. The van der Waals surface area contributed by atoms with E-state index in [1.165, 1.54) is 0 Å². The normalized spacial score (nSPS) is 17.7. The van der Waals surface area contributed by atoms with Crippen molar-refractivity contribution in [2.24, 2.45) is 0 Å². The third-order valence-electron chi connectivity index (χ3n) is 4.29. The van der Waals surface area contributed by atoms with Crippen LogP contribution in [-0.2, 0) is 16.0 Å². The van der Waals surface area contributed by atoms with Gasteiger partial charge >= 0.3 is 0 Å². The first-order valence-corrected chi connectivity index (χ1v) is 8.34. The molecule has 24 heavy (non-hydrogen) atoms. The molecule has 1 fully saturated rings. The van der Waals surface area contributed by atoms with Crippen molar-refractivity contribution >= 4 is 11.8 Å². The minimum absolute atomic E-state index is 0.0743. The molecule has 0 aromatic carbocycles. The molecule has 2 heterocycles. The minimum atomic E-state index is -0.459. The summed E-state index contributed by atoms with van der Waals surface area (Å²) in [5, 5.41) is 9.04. The van der Waals surface area contributed by atoms with Gasteiger partial charge in [0.25, 0.3) is 0 Å². The van der Waals surface area contributed by atoms with Crippen LogP contribution in [0.15, 0.2) is 6.07 Å².